The summed E-state index contributed by atoms with van der Waals surface area (Å²) in [5.41, 5.74) is 4.54. The average Bonchev–Trinajstić information content (AvgIpc) is 3.14. The van der Waals surface area contributed by atoms with E-state index in [2.05, 4.69) is 40.6 Å². The van der Waals surface area contributed by atoms with Crippen LogP contribution in [0.4, 0.5) is 5.69 Å². The maximum atomic E-state index is 5.51. The summed E-state index contributed by atoms with van der Waals surface area (Å²) < 4.78 is 5.51. The van der Waals surface area contributed by atoms with Crippen LogP contribution < -0.4 is 5.32 Å². The van der Waals surface area contributed by atoms with E-state index in [0.29, 0.717) is 11.7 Å². The summed E-state index contributed by atoms with van der Waals surface area (Å²) in [6.45, 7) is 2.85. The zero-order valence-electron chi connectivity index (χ0n) is 11.7. The lowest BCUT2D eigenvalue weighted by Crippen LogP contribution is -2.04. The Morgan fingerprint density at radius 3 is 2.81 bits per heavy atom. The molecule has 21 heavy (non-hydrogen) atoms. The first-order valence-electron chi connectivity index (χ1n) is 7.05. The van der Waals surface area contributed by atoms with Gasteiger partial charge in [-0.25, -0.2) is 0 Å². The molecule has 1 aromatic heterocycles. The van der Waals surface area contributed by atoms with E-state index in [1.165, 1.54) is 5.56 Å². The first-order chi connectivity index (χ1) is 10.3. The normalized spacial score (nSPS) is 16.5. The highest BCUT2D eigenvalue weighted by Crippen LogP contribution is 2.35. The van der Waals surface area contributed by atoms with Gasteiger partial charge in [0.15, 0.2) is 0 Å². The van der Waals surface area contributed by atoms with Crippen molar-refractivity contribution in [1.29, 1.82) is 0 Å². The fourth-order valence-electron chi connectivity index (χ4n) is 2.81. The molecule has 1 N–H and O–H groups in total. The molecule has 0 aliphatic carbocycles. The van der Waals surface area contributed by atoms with Crippen LogP contribution in [0.2, 0.25) is 0 Å². The highest BCUT2D eigenvalue weighted by molar-refractivity contribution is 5.61. The predicted octanol–water partition coefficient (Wildman–Crippen LogP) is 3.60. The van der Waals surface area contributed by atoms with E-state index >= 15 is 0 Å². The van der Waals surface area contributed by atoms with Crippen LogP contribution in [0, 0.1) is 6.92 Å². The molecule has 4 heteroatoms. The topological polar surface area (TPSA) is 51.0 Å². The third-order valence-corrected chi connectivity index (χ3v) is 3.96. The Hall–Kier alpha value is -2.62. The molecule has 4 rings (SSSR count). The molecule has 1 atom stereocenters. The molecule has 1 aliphatic rings. The molecule has 0 fully saturated rings. The summed E-state index contributed by atoms with van der Waals surface area (Å²) in [4.78, 5) is 4.60. The highest BCUT2D eigenvalue weighted by Gasteiger charge is 2.28. The van der Waals surface area contributed by atoms with Crippen molar-refractivity contribution in [2.24, 2.45) is 0 Å². The molecule has 2 aromatic carbocycles. The first-order valence-corrected chi connectivity index (χ1v) is 7.05. The minimum atomic E-state index is 0.131. The van der Waals surface area contributed by atoms with Crippen molar-refractivity contribution in [3.8, 4) is 11.4 Å². The molecule has 0 spiro atoms. The van der Waals surface area contributed by atoms with Gasteiger partial charge in [-0.15, -0.1) is 0 Å². The number of para-hydroxylation sites is 1. The summed E-state index contributed by atoms with van der Waals surface area (Å²) in [6.07, 6.45) is 0. The lowest BCUT2D eigenvalue weighted by atomic mass is 10.0. The van der Waals surface area contributed by atoms with Gasteiger partial charge < -0.3 is 9.84 Å². The lowest BCUT2D eigenvalue weighted by molar-refractivity contribution is 0.371. The summed E-state index contributed by atoms with van der Waals surface area (Å²) in [5.74, 6) is 1.46. The molecular weight excluding hydrogens is 262 g/mol. The fourth-order valence-corrected chi connectivity index (χ4v) is 2.81. The predicted molar refractivity (Wildman–Crippen MR) is 81.2 cm³/mol. The zero-order valence-corrected chi connectivity index (χ0v) is 11.7. The van der Waals surface area contributed by atoms with Gasteiger partial charge in [0.2, 0.25) is 11.7 Å². The number of nitrogens with one attached hydrogen (secondary N) is 1. The van der Waals surface area contributed by atoms with Crippen LogP contribution in [-0.4, -0.2) is 16.7 Å². The van der Waals surface area contributed by atoms with Gasteiger partial charge in [0, 0.05) is 17.8 Å². The number of benzene rings is 2. The number of hydrogen-bond acceptors (Lipinski definition) is 4. The van der Waals surface area contributed by atoms with Crippen LogP contribution in [0.1, 0.15) is 22.9 Å². The van der Waals surface area contributed by atoms with Crippen molar-refractivity contribution in [3.05, 3.63) is 65.5 Å². The van der Waals surface area contributed by atoms with Crippen LogP contribution in [0.5, 0.6) is 0 Å². The van der Waals surface area contributed by atoms with E-state index in [1.807, 2.05) is 30.3 Å². The van der Waals surface area contributed by atoms with Gasteiger partial charge in [0.1, 0.15) is 0 Å². The molecule has 3 aromatic rings. The van der Waals surface area contributed by atoms with Crippen LogP contribution in [0.3, 0.4) is 0 Å². The van der Waals surface area contributed by atoms with Crippen LogP contribution in [-0.2, 0) is 0 Å². The van der Waals surface area contributed by atoms with Crippen molar-refractivity contribution >= 4 is 5.69 Å². The van der Waals surface area contributed by atoms with Gasteiger partial charge in [-0.1, -0.05) is 47.6 Å². The zero-order chi connectivity index (χ0) is 14.2. The van der Waals surface area contributed by atoms with Crippen molar-refractivity contribution in [1.82, 2.24) is 10.1 Å². The number of nitrogens with zero attached hydrogens (tertiary/aromatic N) is 2. The van der Waals surface area contributed by atoms with E-state index in [1.54, 1.807) is 0 Å². The minimum absolute atomic E-state index is 0.131. The molecule has 0 saturated heterocycles. The molecule has 1 unspecified atom stereocenters. The van der Waals surface area contributed by atoms with Crippen LogP contribution in [0.15, 0.2) is 53.1 Å². The minimum Gasteiger partial charge on any atom is -0.384 e. The second kappa shape index (κ2) is 4.74. The molecule has 1 aliphatic heterocycles. The number of fused-ring (bicyclic) bond motifs is 1. The van der Waals surface area contributed by atoms with Gasteiger partial charge in [-0.05, 0) is 24.1 Å². The lowest BCUT2D eigenvalue weighted by Gasteiger charge is -2.03. The Balaban J connectivity index is 1.72. The Morgan fingerprint density at radius 2 is 1.90 bits per heavy atom. The van der Waals surface area contributed by atoms with E-state index < -0.39 is 0 Å². The summed E-state index contributed by atoms with van der Waals surface area (Å²) >= 11 is 0. The maximum absolute atomic E-state index is 5.51. The Labute approximate surface area is 122 Å². The number of aromatic nitrogens is 2. The number of rotatable bonds is 2. The maximum Gasteiger partial charge on any atom is 0.236 e. The van der Waals surface area contributed by atoms with E-state index in [-0.39, 0.29) is 5.92 Å². The Morgan fingerprint density at radius 1 is 1.10 bits per heavy atom. The largest absolute Gasteiger partial charge is 0.384 e. The van der Waals surface area contributed by atoms with Crippen molar-refractivity contribution in [3.63, 3.8) is 0 Å². The summed E-state index contributed by atoms with van der Waals surface area (Å²) in [5, 5.41) is 7.53. The van der Waals surface area contributed by atoms with E-state index in [0.717, 1.165) is 23.4 Å². The molecule has 0 amide bonds. The highest BCUT2D eigenvalue weighted by atomic mass is 16.5. The van der Waals surface area contributed by atoms with Gasteiger partial charge in [-0.3, -0.25) is 0 Å². The van der Waals surface area contributed by atoms with E-state index in [4.69, 9.17) is 4.52 Å². The Bertz CT molecular complexity index is 794. The number of hydrogen-bond donors (Lipinski definition) is 1. The van der Waals surface area contributed by atoms with Crippen molar-refractivity contribution in [2.45, 2.75) is 12.8 Å². The van der Waals surface area contributed by atoms with Crippen LogP contribution in [0.25, 0.3) is 11.4 Å². The van der Waals surface area contributed by atoms with Gasteiger partial charge in [0.25, 0.3) is 0 Å². The Kier molecular flexibility index (Phi) is 2.74. The number of anilines is 1. The third kappa shape index (κ3) is 2.00. The third-order valence-electron chi connectivity index (χ3n) is 3.96. The number of aryl methyl sites for hydroxylation is 1. The molecule has 0 bridgehead atoms. The van der Waals surface area contributed by atoms with Gasteiger partial charge in [0.05, 0.1) is 5.92 Å². The molecular formula is C17H15N3O. The SMILES string of the molecule is Cc1ccccc1-c1noc(C2CNc3ccccc32)n1. The quantitative estimate of drug-likeness (QED) is 0.777. The second-order valence-electron chi connectivity index (χ2n) is 5.29. The molecule has 2 heterocycles. The summed E-state index contributed by atoms with van der Waals surface area (Å²) in [6, 6.07) is 16.3. The van der Waals surface area contributed by atoms with Crippen molar-refractivity contribution < 1.29 is 4.52 Å². The fraction of sp³-hybridized carbons (Fsp3) is 0.176. The monoisotopic (exact) mass is 277 g/mol. The average molecular weight is 277 g/mol. The van der Waals surface area contributed by atoms with Gasteiger partial charge in [-0.2, -0.15) is 4.98 Å². The van der Waals surface area contributed by atoms with Crippen LogP contribution >= 0.6 is 0 Å². The standard InChI is InChI=1S/C17H15N3O/c1-11-6-2-3-7-12(11)16-19-17(21-20-16)14-10-18-15-9-5-4-8-13(14)15/h2-9,14,18H,10H2,1H3. The van der Waals surface area contributed by atoms with Crippen molar-refractivity contribution in [2.75, 3.05) is 11.9 Å². The molecule has 4 nitrogen and oxygen atoms in total. The first kappa shape index (κ1) is 12.1. The molecule has 0 saturated carbocycles. The van der Waals surface area contributed by atoms with E-state index in [9.17, 15) is 0 Å². The van der Waals surface area contributed by atoms with Gasteiger partial charge >= 0.3 is 0 Å². The molecule has 0 radical (unpaired) electrons. The smallest absolute Gasteiger partial charge is 0.236 e. The summed E-state index contributed by atoms with van der Waals surface area (Å²) in [7, 11) is 0. The second-order valence-corrected chi connectivity index (χ2v) is 5.29. The molecule has 104 valence electrons.